The number of nitrogens with zero attached hydrogens (tertiary/aromatic N) is 16. The molecule has 12 aromatic heterocycles. The average Bonchev–Trinajstić information content (AvgIpc) is 1.41. The van der Waals surface area contributed by atoms with Gasteiger partial charge in [0.2, 0.25) is 17.7 Å². The van der Waals surface area contributed by atoms with Crippen molar-refractivity contribution in [2.24, 2.45) is 23.3 Å². The van der Waals surface area contributed by atoms with E-state index < -0.39 is 7.15 Å². The van der Waals surface area contributed by atoms with Crippen LogP contribution < -0.4 is 42.1 Å². The number of hydrogen-bond acceptors (Lipinski definition) is 25. The molecule has 3 aliphatic heterocycles. The van der Waals surface area contributed by atoms with E-state index in [2.05, 4.69) is 84.6 Å². The molecule has 32 heteroatoms. The van der Waals surface area contributed by atoms with Gasteiger partial charge in [0.15, 0.2) is 34.3 Å². The Morgan fingerprint density at radius 3 is 1.08 bits per heavy atom. The summed E-state index contributed by atoms with van der Waals surface area (Å²) in [6, 6.07) is 28.3. The highest BCUT2D eigenvalue weighted by molar-refractivity contribution is 7.14. The monoisotopic (exact) mass is 1790 g/mol. The molecule has 0 spiro atoms. The molecule has 12 aromatic rings. The van der Waals surface area contributed by atoms with Gasteiger partial charge < -0.3 is 51.8 Å². The highest BCUT2D eigenvalue weighted by atomic mass is 32.1. The van der Waals surface area contributed by atoms with Crippen LogP contribution in [0.3, 0.4) is 0 Å². The number of carbonyl (C=O) groups excluding carboxylic acids is 7. The van der Waals surface area contributed by atoms with Crippen LogP contribution in [0, 0.1) is 11.8 Å². The molecular weight excluding hydrogens is 1660 g/mol. The van der Waals surface area contributed by atoms with Crippen molar-refractivity contribution in [3.05, 3.63) is 161 Å². The summed E-state index contributed by atoms with van der Waals surface area (Å²) < 4.78 is 26.9. The summed E-state index contributed by atoms with van der Waals surface area (Å²) in [6.07, 6.45) is 21.5. The summed E-state index contributed by atoms with van der Waals surface area (Å²) in [5.41, 5.74) is 21.8. The van der Waals surface area contributed by atoms with Gasteiger partial charge in [-0.15, -0.1) is 34.0 Å². The molecule has 680 valence electrons. The fraction of sp³-hybridized carbons (Fsp3) is 0.453. The van der Waals surface area contributed by atoms with Gasteiger partial charge in [-0.05, 0) is 179 Å². The maximum atomic E-state index is 13.6. The van der Waals surface area contributed by atoms with Crippen LogP contribution in [-0.2, 0) is 19.2 Å². The van der Waals surface area contributed by atoms with Gasteiger partial charge in [-0.25, -0.2) is 43.5 Å². The Balaban J connectivity index is 0.000000219. The van der Waals surface area contributed by atoms with E-state index in [4.69, 9.17) is 48.9 Å². The zero-order valence-corrected chi connectivity index (χ0v) is 78.5. The van der Waals surface area contributed by atoms with Crippen molar-refractivity contribution in [2.75, 3.05) is 82.3 Å². The Kier molecular flexibility index (Phi) is 39.2. The minimum atomic E-state index is -1.00. The second kappa shape index (κ2) is 50.9. The quantitative estimate of drug-likeness (QED) is 0.0193. The van der Waals surface area contributed by atoms with Gasteiger partial charge in [-0.1, -0.05) is 114 Å². The number of halogens is 1. The first-order valence-electron chi connectivity index (χ1n) is 45.4. The number of rotatable bonds is 32. The first-order chi connectivity index (χ1) is 62.5. The second-order valence-corrected chi connectivity index (χ2v) is 33.2. The van der Waals surface area contributed by atoms with Crippen LogP contribution in [0.25, 0.3) is 82.4 Å². The number of nitrogens with one attached hydrogen (secondary N) is 3. The number of aromatic nitrogens is 12. The van der Waals surface area contributed by atoms with Crippen LogP contribution in [0.15, 0.2) is 144 Å². The van der Waals surface area contributed by atoms with Crippen molar-refractivity contribution in [1.82, 2.24) is 79.6 Å². The van der Waals surface area contributed by atoms with E-state index >= 15 is 0 Å². The number of pyridine rings is 3. The summed E-state index contributed by atoms with van der Waals surface area (Å²) in [4.78, 5) is 127. The molecule has 3 fully saturated rings. The van der Waals surface area contributed by atoms with E-state index in [0.717, 1.165) is 126 Å². The number of amides is 3. The molecule has 0 bridgehead atoms. The van der Waals surface area contributed by atoms with Crippen LogP contribution >= 0.6 is 34.0 Å². The fourth-order valence-corrected chi connectivity index (χ4v) is 16.5. The highest BCUT2D eigenvalue weighted by Crippen LogP contribution is 2.38. The first kappa shape index (κ1) is 97.9. The van der Waals surface area contributed by atoms with Crippen molar-refractivity contribution in [3.8, 4) is 65.5 Å². The SMILES string of the molecule is CC.CC=O.CCC(C)CCC(=O)c1cc(-c2cnn3ccc(-c4cccs4)nc23)nc(N2CC[C@H]2C(=O)NC)c1.CCC(C)CN.CCC(CCC(=O)c1cc(-c2cnn3ccc(-c4cccs4)nc23)nc(N2CC[C@H]2C(=O)NC)c1)N(CC)CC.CCC(N)CCC(=O)c1cc(-c2cnn3ccc(-c4cccs4)nc23)nc(N2CC[C@H]2C(=O)NC)c1.[2H]CC.[2H]CF. The van der Waals surface area contributed by atoms with E-state index in [-0.39, 0.29) is 59.2 Å². The Labute approximate surface area is 761 Å². The predicted octanol–water partition coefficient (Wildman–Crippen LogP) is 17.2. The molecule has 7 atom stereocenters. The predicted molar refractivity (Wildman–Crippen MR) is 513 cm³/mol. The summed E-state index contributed by atoms with van der Waals surface area (Å²) >= 11 is 4.88. The molecule has 7 N–H and O–H groups in total. The van der Waals surface area contributed by atoms with Crippen molar-refractivity contribution >= 4 is 110 Å². The summed E-state index contributed by atoms with van der Waals surface area (Å²) in [7, 11) is 3.92. The summed E-state index contributed by atoms with van der Waals surface area (Å²) in [5, 5.41) is 27.7. The number of thiophene rings is 3. The number of hydrogen-bond donors (Lipinski definition) is 5. The molecule has 0 aromatic carbocycles. The van der Waals surface area contributed by atoms with Crippen molar-refractivity contribution in [3.63, 3.8) is 0 Å². The lowest BCUT2D eigenvalue weighted by molar-refractivity contribution is -0.123. The van der Waals surface area contributed by atoms with Crippen LogP contribution in [0.1, 0.15) is 207 Å². The van der Waals surface area contributed by atoms with Crippen LogP contribution in [0.4, 0.5) is 21.8 Å². The number of anilines is 3. The smallest absolute Gasteiger partial charge is 0.242 e. The van der Waals surface area contributed by atoms with Gasteiger partial charge in [0.1, 0.15) is 41.9 Å². The van der Waals surface area contributed by atoms with Crippen LogP contribution in [0.2, 0.25) is 0 Å². The number of likely N-dealkylation sites (N-methyl/N-ethyl adjacent to an activating group) is 3. The third-order valence-electron chi connectivity index (χ3n) is 22.7. The lowest BCUT2D eigenvalue weighted by Crippen LogP contribution is -2.56. The molecule has 28 nitrogen and oxygen atoms in total. The molecular formula is C95H128FN21O7S3. The number of Topliss-reactive ketones (excluding diaryl/α,β-unsaturated/α-hetero) is 3. The minimum Gasteiger partial charge on any atom is -0.357 e. The van der Waals surface area contributed by atoms with Crippen LogP contribution in [-0.4, -0.2) is 203 Å². The summed E-state index contributed by atoms with van der Waals surface area (Å²) in [5.74, 6) is 3.08. The molecule has 4 unspecified atom stereocenters. The minimum absolute atomic E-state index is 0.00419. The number of aldehydes is 1. The van der Waals surface area contributed by atoms with Gasteiger partial charge in [-0.3, -0.25) is 33.2 Å². The van der Waals surface area contributed by atoms with Gasteiger partial charge in [0, 0.05) is 109 Å². The topological polar surface area (TPSA) is 350 Å². The van der Waals surface area contributed by atoms with Gasteiger partial charge in [0.25, 0.3) is 0 Å². The first-order valence-corrected chi connectivity index (χ1v) is 46.6. The highest BCUT2D eigenvalue weighted by Gasteiger charge is 2.39. The molecule has 0 radical (unpaired) electrons. The Bertz CT molecular complexity index is 5320. The fourth-order valence-electron chi connectivity index (χ4n) is 14.4. The molecule has 15 rings (SSSR count). The van der Waals surface area contributed by atoms with E-state index in [9.17, 15) is 33.2 Å². The molecule has 3 aliphatic rings. The molecule has 15 heterocycles. The second-order valence-electron chi connectivity index (χ2n) is 30.3. The van der Waals surface area contributed by atoms with Crippen molar-refractivity contribution < 1.29 is 40.7 Å². The standard InChI is InChI=1S/C30H37N7O2S.C27H30N6O2S.C26H29N7O2S.C5H13N.C2H4O.2C2H6.CH3F/c1-5-21(35(6-2)7-3)10-11-26(38)20-17-24(33-28(18-20)36-14-13-25(36)30(39)31-4)22-19-32-37-15-12-23(34-29(22)37)27-9-8-16-40-27;1-4-17(2)7-8-23(34)18-14-21(30-25(15-18)32-11-10-22(32)27(35)28-3)19-16-29-33-12-9-20(31-26(19)33)24-6-5-13-36-24;1-3-17(27)6-7-22(34)16-13-20(30-24(14-16)32-10-9-21(32)26(35)28-2)18-15-29-33-11-8-19(31-25(18)33)23-5-4-12-36-23;1-3-5(2)4-6;1-2-3;3*1-2/h8-9,12,15-19,21,25H,5-7,10-11,13-14H2,1-4H3,(H,31,39);5-6,9,12-17,22H,4,7-8,10-11H2,1-3H3,(H,28,35);4-5,8,11-15,17,21H,3,6-7,9-10,27H2,1-2H3,(H,28,35);5H,3-4,6H2,1-2H3;2H,1H3;2*1-2H3;1H3/t21?,25-;17?,22-;17?,21-;;;;;/m000...../s1/i;;;;;1D;;1D. The van der Waals surface area contributed by atoms with Gasteiger partial charge in [-0.2, -0.15) is 15.3 Å². The van der Waals surface area contributed by atoms with Gasteiger partial charge in [0.05, 0.1) is 92.6 Å². The normalized spacial score (nSPS) is 15.2. The number of nitrogens with two attached hydrogens (primary N) is 2. The van der Waals surface area contributed by atoms with E-state index in [0.29, 0.717) is 138 Å². The molecule has 0 saturated carbocycles. The van der Waals surface area contributed by atoms with E-state index in [1.807, 2.05) is 149 Å². The molecule has 0 aliphatic carbocycles. The Morgan fingerprint density at radius 1 is 0.504 bits per heavy atom. The van der Waals surface area contributed by atoms with E-state index in [1.165, 1.54) is 13.3 Å². The van der Waals surface area contributed by atoms with Gasteiger partial charge >= 0.3 is 0 Å². The van der Waals surface area contributed by atoms with Crippen molar-refractivity contribution in [2.45, 2.75) is 204 Å². The lowest BCUT2D eigenvalue weighted by Gasteiger charge is -2.40. The number of fused-ring (bicyclic) bond motifs is 3. The molecule has 3 saturated heterocycles. The number of ketones is 3. The average molecular weight is 1790 g/mol. The number of alkyl halides is 1. The third kappa shape index (κ3) is 25.8. The summed E-state index contributed by atoms with van der Waals surface area (Å²) in [6.45, 7) is 29.8. The molecule has 127 heavy (non-hydrogen) atoms. The third-order valence-corrected chi connectivity index (χ3v) is 25.4. The lowest BCUT2D eigenvalue weighted by atomic mass is 9.97. The maximum absolute atomic E-state index is 13.6. The Morgan fingerprint density at radius 2 is 0.827 bits per heavy atom. The molecule has 3 amide bonds. The Hall–Kier alpha value is -11.3. The number of carbonyl (C=O) groups is 7. The van der Waals surface area contributed by atoms with Crippen LogP contribution in [0.5, 0.6) is 0 Å². The zero-order chi connectivity index (χ0) is 93.8. The van der Waals surface area contributed by atoms with E-state index in [1.54, 1.807) is 106 Å². The largest absolute Gasteiger partial charge is 0.357 e. The maximum Gasteiger partial charge on any atom is 0.242 e. The van der Waals surface area contributed by atoms with Crippen molar-refractivity contribution in [1.29, 1.82) is 0 Å². The zero-order valence-electron chi connectivity index (χ0n) is 78.1.